The number of hydrogen-bond donors (Lipinski definition) is 2. The average Bonchev–Trinajstić information content (AvgIpc) is 2.53. The second kappa shape index (κ2) is 8.17. The van der Waals surface area contributed by atoms with E-state index in [1.54, 1.807) is 6.07 Å². The van der Waals surface area contributed by atoms with Crippen LogP contribution in [0.2, 0.25) is 0 Å². The third-order valence-electron chi connectivity index (χ3n) is 5.75. The number of nitrogens with one attached hydrogen (secondary N) is 2. The summed E-state index contributed by atoms with van der Waals surface area (Å²) in [5.74, 6) is 0.124. The van der Waals surface area contributed by atoms with Crippen LogP contribution in [0.5, 0.6) is 0 Å². The Kier molecular flexibility index (Phi) is 6.61. The molecule has 1 saturated heterocycles. The second-order valence-electron chi connectivity index (χ2n) is 7.42. The van der Waals surface area contributed by atoms with Crippen molar-refractivity contribution < 1.29 is 18.0 Å². The van der Waals surface area contributed by atoms with Crippen molar-refractivity contribution in [2.75, 3.05) is 13.1 Å². The molecule has 1 aliphatic carbocycles. The van der Waals surface area contributed by atoms with E-state index in [9.17, 15) is 18.0 Å². The van der Waals surface area contributed by atoms with Crippen molar-refractivity contribution in [3.05, 3.63) is 35.4 Å². The normalized spacial score (nSPS) is 21.2. The SMILES string of the molecule is CC(C(=O)NC1(c2cccc(C(F)(F)F)c2)CCCCC1)C1CNC1.Cl. The van der Waals surface area contributed by atoms with Crippen molar-refractivity contribution in [1.29, 1.82) is 0 Å². The quantitative estimate of drug-likeness (QED) is 0.806. The Morgan fingerprint density at radius 1 is 1.23 bits per heavy atom. The minimum atomic E-state index is -4.37. The molecule has 0 aromatic heterocycles. The highest BCUT2D eigenvalue weighted by Gasteiger charge is 2.40. The Balaban J connectivity index is 0.00000243. The molecule has 1 unspecified atom stereocenters. The monoisotopic (exact) mass is 390 g/mol. The highest BCUT2D eigenvalue weighted by atomic mass is 35.5. The van der Waals surface area contributed by atoms with Gasteiger partial charge in [-0.1, -0.05) is 38.3 Å². The topological polar surface area (TPSA) is 41.1 Å². The Morgan fingerprint density at radius 2 is 1.88 bits per heavy atom. The highest BCUT2D eigenvalue weighted by Crippen LogP contribution is 2.40. The Morgan fingerprint density at radius 3 is 2.42 bits per heavy atom. The van der Waals surface area contributed by atoms with Gasteiger partial charge in [0.25, 0.3) is 0 Å². The third kappa shape index (κ3) is 4.34. The Bertz CT molecular complexity index is 625. The van der Waals surface area contributed by atoms with Gasteiger partial charge >= 0.3 is 6.18 Å². The number of carbonyl (C=O) groups excluding carboxylic acids is 1. The number of carbonyl (C=O) groups is 1. The van der Waals surface area contributed by atoms with E-state index in [4.69, 9.17) is 0 Å². The minimum Gasteiger partial charge on any atom is -0.346 e. The van der Waals surface area contributed by atoms with Gasteiger partial charge in [0.05, 0.1) is 11.1 Å². The first-order chi connectivity index (χ1) is 11.8. The predicted molar refractivity (Wildman–Crippen MR) is 97.1 cm³/mol. The second-order valence-corrected chi connectivity index (χ2v) is 7.42. The molecule has 0 spiro atoms. The molecule has 3 nitrogen and oxygen atoms in total. The van der Waals surface area contributed by atoms with Crippen LogP contribution in [-0.4, -0.2) is 19.0 Å². The summed E-state index contributed by atoms with van der Waals surface area (Å²) in [6, 6.07) is 5.46. The van der Waals surface area contributed by atoms with E-state index < -0.39 is 17.3 Å². The van der Waals surface area contributed by atoms with Crippen LogP contribution in [0.15, 0.2) is 24.3 Å². The Hall–Kier alpha value is -1.27. The van der Waals surface area contributed by atoms with Gasteiger partial charge in [0.15, 0.2) is 0 Å². The van der Waals surface area contributed by atoms with Gasteiger partial charge in [-0.15, -0.1) is 12.4 Å². The van der Waals surface area contributed by atoms with Gasteiger partial charge < -0.3 is 10.6 Å². The van der Waals surface area contributed by atoms with Gasteiger partial charge in [-0.3, -0.25) is 4.79 Å². The summed E-state index contributed by atoms with van der Waals surface area (Å²) in [4.78, 5) is 12.7. The average molecular weight is 391 g/mol. The van der Waals surface area contributed by atoms with Crippen LogP contribution in [0.25, 0.3) is 0 Å². The first kappa shape index (κ1) is 21.0. The molecule has 1 amide bonds. The van der Waals surface area contributed by atoms with Crippen LogP contribution in [0, 0.1) is 11.8 Å². The van der Waals surface area contributed by atoms with E-state index >= 15 is 0 Å². The lowest BCUT2D eigenvalue weighted by Crippen LogP contribution is -2.54. The zero-order valence-electron chi connectivity index (χ0n) is 14.9. The minimum absolute atomic E-state index is 0. The van der Waals surface area contributed by atoms with Gasteiger partial charge in [0.1, 0.15) is 0 Å². The number of rotatable bonds is 4. The number of hydrogen-bond acceptors (Lipinski definition) is 2. The van der Waals surface area contributed by atoms with Crippen molar-refractivity contribution in [1.82, 2.24) is 10.6 Å². The van der Waals surface area contributed by atoms with Crippen LogP contribution in [-0.2, 0) is 16.5 Å². The summed E-state index contributed by atoms with van der Waals surface area (Å²) < 4.78 is 39.3. The molecule has 2 N–H and O–H groups in total. The molecule has 26 heavy (non-hydrogen) atoms. The van der Waals surface area contributed by atoms with Crippen molar-refractivity contribution in [2.45, 2.75) is 50.7 Å². The third-order valence-corrected chi connectivity index (χ3v) is 5.75. The molecule has 146 valence electrons. The lowest BCUT2D eigenvalue weighted by molar-refractivity contribution is -0.137. The summed E-state index contributed by atoms with van der Waals surface area (Å²) in [6.45, 7) is 3.56. The zero-order chi connectivity index (χ0) is 18.1. The van der Waals surface area contributed by atoms with Crippen molar-refractivity contribution in [3.63, 3.8) is 0 Å². The fraction of sp³-hybridized carbons (Fsp3) is 0.632. The summed E-state index contributed by atoms with van der Waals surface area (Å²) in [7, 11) is 0. The number of amides is 1. The largest absolute Gasteiger partial charge is 0.416 e. The molecule has 0 bridgehead atoms. The van der Waals surface area contributed by atoms with Gasteiger partial charge in [-0.25, -0.2) is 0 Å². The zero-order valence-corrected chi connectivity index (χ0v) is 15.7. The van der Waals surface area contributed by atoms with E-state index in [2.05, 4.69) is 10.6 Å². The van der Waals surface area contributed by atoms with Crippen LogP contribution < -0.4 is 10.6 Å². The van der Waals surface area contributed by atoms with Crippen molar-refractivity contribution in [3.8, 4) is 0 Å². The van der Waals surface area contributed by atoms with Crippen LogP contribution in [0.4, 0.5) is 13.2 Å². The van der Waals surface area contributed by atoms with E-state index in [-0.39, 0.29) is 24.2 Å². The molecule has 1 aromatic carbocycles. The molecule has 2 aliphatic rings. The van der Waals surface area contributed by atoms with Crippen molar-refractivity contribution in [2.24, 2.45) is 11.8 Å². The lowest BCUT2D eigenvalue weighted by atomic mass is 9.75. The van der Waals surface area contributed by atoms with Crippen LogP contribution >= 0.6 is 12.4 Å². The molecule has 1 aromatic rings. The summed E-state index contributed by atoms with van der Waals surface area (Å²) in [5.41, 5.74) is -0.753. The first-order valence-corrected chi connectivity index (χ1v) is 9.02. The van der Waals surface area contributed by atoms with Crippen LogP contribution in [0.1, 0.15) is 50.2 Å². The fourth-order valence-electron chi connectivity index (χ4n) is 3.86. The molecule has 7 heteroatoms. The molecule has 0 radical (unpaired) electrons. The molecule has 1 atom stereocenters. The van der Waals surface area contributed by atoms with Crippen molar-refractivity contribution >= 4 is 18.3 Å². The standard InChI is InChI=1S/C19H25F3N2O.ClH/c1-13(14-11-23-12-14)17(25)24-18(8-3-2-4-9-18)15-6-5-7-16(10-15)19(20,21)22;/h5-7,10,13-14,23H,2-4,8-9,11-12H2,1H3,(H,24,25);1H. The highest BCUT2D eigenvalue weighted by molar-refractivity contribution is 5.85. The fourth-order valence-corrected chi connectivity index (χ4v) is 3.86. The summed E-state index contributed by atoms with van der Waals surface area (Å²) in [6.07, 6.45) is -0.114. The number of alkyl halides is 3. The molecule has 3 rings (SSSR count). The molecular formula is C19H26ClF3N2O. The molecule has 1 heterocycles. The maximum Gasteiger partial charge on any atom is 0.416 e. The maximum absolute atomic E-state index is 13.1. The van der Waals surface area contributed by atoms with Gasteiger partial charge in [-0.05, 0) is 49.5 Å². The van der Waals surface area contributed by atoms with E-state index in [0.717, 1.165) is 38.4 Å². The van der Waals surface area contributed by atoms with E-state index in [1.165, 1.54) is 12.1 Å². The lowest BCUT2D eigenvalue weighted by Gasteiger charge is -2.41. The van der Waals surface area contributed by atoms with Gasteiger partial charge in [0.2, 0.25) is 5.91 Å². The smallest absolute Gasteiger partial charge is 0.346 e. The molecule has 2 fully saturated rings. The van der Waals surface area contributed by atoms with Gasteiger partial charge in [0, 0.05) is 5.92 Å². The first-order valence-electron chi connectivity index (χ1n) is 9.02. The summed E-state index contributed by atoms with van der Waals surface area (Å²) in [5, 5.41) is 6.30. The molecule has 1 saturated carbocycles. The summed E-state index contributed by atoms with van der Waals surface area (Å²) >= 11 is 0. The molecule has 1 aliphatic heterocycles. The van der Waals surface area contributed by atoms with Gasteiger partial charge in [-0.2, -0.15) is 13.2 Å². The maximum atomic E-state index is 13.1. The van der Waals surface area contributed by atoms with E-state index in [0.29, 0.717) is 24.3 Å². The Labute approximate surface area is 158 Å². The van der Waals surface area contributed by atoms with Crippen LogP contribution in [0.3, 0.4) is 0 Å². The number of halogens is 4. The van der Waals surface area contributed by atoms with E-state index in [1.807, 2.05) is 6.92 Å². The molecular weight excluding hydrogens is 365 g/mol. The number of benzene rings is 1. The predicted octanol–water partition coefficient (Wildman–Crippen LogP) is 4.26.